The van der Waals surface area contributed by atoms with E-state index in [-0.39, 0.29) is 36.1 Å². The van der Waals surface area contributed by atoms with Crippen molar-refractivity contribution in [2.24, 2.45) is 16.3 Å². The molecule has 150 valence electrons. The Bertz CT molecular complexity index is 540. The van der Waals surface area contributed by atoms with Gasteiger partial charge in [-0.1, -0.05) is 13.8 Å². The zero-order valence-electron chi connectivity index (χ0n) is 16.9. The summed E-state index contributed by atoms with van der Waals surface area (Å²) in [4.78, 5) is 21.2. The lowest BCUT2D eigenvalue weighted by Crippen LogP contribution is -2.57. The molecule has 0 aromatic carbocycles. The Morgan fingerprint density at radius 3 is 2.62 bits per heavy atom. The van der Waals surface area contributed by atoms with Gasteiger partial charge in [-0.2, -0.15) is 0 Å². The molecule has 1 atom stereocenters. The molecule has 26 heavy (non-hydrogen) atoms. The van der Waals surface area contributed by atoms with Gasteiger partial charge < -0.3 is 19.9 Å². The van der Waals surface area contributed by atoms with Crippen molar-refractivity contribution < 1.29 is 9.53 Å². The van der Waals surface area contributed by atoms with Gasteiger partial charge in [-0.3, -0.25) is 4.99 Å². The molecule has 0 aromatic rings. The van der Waals surface area contributed by atoms with E-state index < -0.39 is 5.60 Å². The molecular formula is C19H35IN4O2. The molecule has 0 bridgehead atoms. The number of amides is 1. The van der Waals surface area contributed by atoms with E-state index in [0.29, 0.717) is 18.5 Å². The molecule has 2 aliphatic heterocycles. The summed E-state index contributed by atoms with van der Waals surface area (Å²) in [5, 5.41) is 3.61. The maximum atomic E-state index is 12.3. The molecule has 1 aliphatic carbocycles. The van der Waals surface area contributed by atoms with Crippen molar-refractivity contribution >= 4 is 36.0 Å². The Labute approximate surface area is 175 Å². The van der Waals surface area contributed by atoms with E-state index in [9.17, 15) is 4.79 Å². The summed E-state index contributed by atoms with van der Waals surface area (Å²) in [6.45, 7) is 14.4. The molecule has 6 nitrogen and oxygen atoms in total. The highest BCUT2D eigenvalue weighted by Gasteiger charge is 2.44. The second kappa shape index (κ2) is 8.10. The van der Waals surface area contributed by atoms with E-state index >= 15 is 0 Å². The Morgan fingerprint density at radius 1 is 1.35 bits per heavy atom. The van der Waals surface area contributed by atoms with Crippen molar-refractivity contribution in [2.75, 3.05) is 32.7 Å². The van der Waals surface area contributed by atoms with Crippen molar-refractivity contribution in [1.82, 2.24) is 15.1 Å². The minimum Gasteiger partial charge on any atom is -0.444 e. The summed E-state index contributed by atoms with van der Waals surface area (Å²) in [6.07, 6.45) is 3.76. The average molecular weight is 478 g/mol. The van der Waals surface area contributed by atoms with Crippen molar-refractivity contribution in [3.05, 3.63) is 0 Å². The second-order valence-electron chi connectivity index (χ2n) is 9.39. The summed E-state index contributed by atoms with van der Waals surface area (Å²) in [7, 11) is 0. The van der Waals surface area contributed by atoms with E-state index in [1.54, 1.807) is 0 Å². The number of fused-ring (bicyclic) bond motifs is 1. The maximum absolute atomic E-state index is 12.3. The topological polar surface area (TPSA) is 57.2 Å². The van der Waals surface area contributed by atoms with Gasteiger partial charge in [0.2, 0.25) is 0 Å². The number of ether oxygens (including phenoxy) is 1. The first-order chi connectivity index (χ1) is 11.7. The highest BCUT2D eigenvalue weighted by molar-refractivity contribution is 14.0. The van der Waals surface area contributed by atoms with Crippen LogP contribution in [0.2, 0.25) is 0 Å². The largest absolute Gasteiger partial charge is 0.444 e. The Kier molecular flexibility index (Phi) is 6.72. The molecule has 2 fully saturated rings. The van der Waals surface area contributed by atoms with Crippen molar-refractivity contribution in [3.63, 3.8) is 0 Å². The summed E-state index contributed by atoms with van der Waals surface area (Å²) in [5.74, 6) is 1.78. The van der Waals surface area contributed by atoms with Crippen LogP contribution in [-0.4, -0.2) is 66.2 Å². The van der Waals surface area contributed by atoms with Crippen LogP contribution in [0, 0.1) is 11.3 Å². The molecule has 0 radical (unpaired) electrons. The fourth-order valence-electron chi connectivity index (χ4n) is 3.99. The lowest BCUT2D eigenvalue weighted by atomic mass is 9.94. The Morgan fingerprint density at radius 2 is 2.04 bits per heavy atom. The van der Waals surface area contributed by atoms with E-state index in [2.05, 4.69) is 24.1 Å². The molecule has 1 amide bonds. The predicted octanol–water partition coefficient (Wildman–Crippen LogP) is 3.31. The number of rotatable bonds is 4. The van der Waals surface area contributed by atoms with Crippen molar-refractivity contribution in [2.45, 2.75) is 65.5 Å². The molecule has 0 spiro atoms. The van der Waals surface area contributed by atoms with E-state index in [0.717, 1.165) is 31.5 Å². The van der Waals surface area contributed by atoms with Gasteiger partial charge in [0, 0.05) is 26.2 Å². The number of guanidine groups is 1. The van der Waals surface area contributed by atoms with Gasteiger partial charge >= 0.3 is 6.09 Å². The third kappa shape index (κ3) is 5.39. The number of nitrogens with zero attached hydrogens (tertiary/aromatic N) is 3. The molecule has 1 saturated heterocycles. The van der Waals surface area contributed by atoms with E-state index in [1.165, 1.54) is 19.3 Å². The molecule has 0 aromatic heterocycles. The van der Waals surface area contributed by atoms with Gasteiger partial charge in [0.15, 0.2) is 5.96 Å². The summed E-state index contributed by atoms with van der Waals surface area (Å²) in [5.41, 5.74) is 0.0508. The lowest BCUT2D eigenvalue weighted by Gasteiger charge is -2.39. The third-order valence-electron chi connectivity index (χ3n) is 5.28. The van der Waals surface area contributed by atoms with Gasteiger partial charge in [0.1, 0.15) is 5.60 Å². The fourth-order valence-corrected chi connectivity index (χ4v) is 3.99. The predicted molar refractivity (Wildman–Crippen MR) is 115 cm³/mol. The zero-order valence-corrected chi connectivity index (χ0v) is 19.2. The first-order valence-electron chi connectivity index (χ1n) is 9.70. The minimum absolute atomic E-state index is 0. The van der Waals surface area contributed by atoms with Gasteiger partial charge in [-0.15, -0.1) is 24.0 Å². The number of hydrogen-bond acceptors (Lipinski definition) is 5. The van der Waals surface area contributed by atoms with Crippen LogP contribution in [0.3, 0.4) is 0 Å². The Balaban J connectivity index is 0.00000243. The number of halogens is 1. The van der Waals surface area contributed by atoms with Crippen LogP contribution in [0.4, 0.5) is 4.79 Å². The van der Waals surface area contributed by atoms with Crippen LogP contribution in [0.5, 0.6) is 0 Å². The normalized spacial score (nSPS) is 23.9. The van der Waals surface area contributed by atoms with Gasteiger partial charge in [-0.05, 0) is 51.4 Å². The summed E-state index contributed by atoms with van der Waals surface area (Å²) < 4.78 is 5.51. The molecule has 7 heteroatoms. The van der Waals surface area contributed by atoms with Crippen LogP contribution in [0.25, 0.3) is 0 Å². The lowest BCUT2D eigenvalue weighted by molar-refractivity contribution is 0.0137. The molecular weight excluding hydrogens is 443 g/mol. The smallest absolute Gasteiger partial charge is 0.410 e. The maximum Gasteiger partial charge on any atom is 0.410 e. The van der Waals surface area contributed by atoms with E-state index in [1.807, 2.05) is 25.7 Å². The Hall–Kier alpha value is -0.730. The number of aliphatic imine (C=N–C) groups is 1. The fraction of sp³-hybridized carbons (Fsp3) is 0.895. The van der Waals surface area contributed by atoms with Crippen LogP contribution in [0.15, 0.2) is 4.99 Å². The number of hydrogen-bond donors (Lipinski definition) is 1. The molecule has 1 saturated carbocycles. The monoisotopic (exact) mass is 478 g/mol. The first-order valence-corrected chi connectivity index (χ1v) is 9.70. The molecule has 1 unspecified atom stereocenters. The molecule has 3 rings (SSSR count). The summed E-state index contributed by atoms with van der Waals surface area (Å²) >= 11 is 0. The van der Waals surface area contributed by atoms with Crippen LogP contribution in [-0.2, 0) is 4.74 Å². The number of carbonyl (C=O) groups excluding carboxylic acids is 1. The zero-order chi connectivity index (χ0) is 18.2. The van der Waals surface area contributed by atoms with Gasteiger partial charge in [0.05, 0.1) is 12.6 Å². The minimum atomic E-state index is -0.442. The quantitative estimate of drug-likeness (QED) is 0.631. The van der Waals surface area contributed by atoms with Crippen molar-refractivity contribution in [3.8, 4) is 0 Å². The molecule has 3 aliphatic rings. The van der Waals surface area contributed by atoms with E-state index in [4.69, 9.17) is 9.73 Å². The standard InChI is InChI=1S/C19H34N4O2.HI/c1-14(2)10-19(6-7-19)13-21-16-20-11-15-12-22(8-9-23(15)16)17(24)25-18(3,4)5;/h14-15H,6-13H2,1-5H3,(H,20,21);1H. The highest BCUT2D eigenvalue weighted by Crippen LogP contribution is 2.50. The number of nitrogens with one attached hydrogen (secondary N) is 1. The highest BCUT2D eigenvalue weighted by atomic mass is 127. The van der Waals surface area contributed by atoms with Crippen molar-refractivity contribution in [1.29, 1.82) is 0 Å². The van der Waals surface area contributed by atoms with Crippen LogP contribution in [0.1, 0.15) is 53.9 Å². The number of carbonyl (C=O) groups is 1. The average Bonchev–Trinajstić information content (AvgIpc) is 3.12. The van der Waals surface area contributed by atoms with Crippen LogP contribution < -0.4 is 5.32 Å². The van der Waals surface area contributed by atoms with Gasteiger partial charge in [0.25, 0.3) is 0 Å². The third-order valence-corrected chi connectivity index (χ3v) is 5.28. The summed E-state index contributed by atoms with van der Waals surface area (Å²) in [6, 6.07) is 0.282. The van der Waals surface area contributed by atoms with Crippen LogP contribution >= 0.6 is 24.0 Å². The molecule has 1 N–H and O–H groups in total. The number of piperazine rings is 1. The second-order valence-corrected chi connectivity index (χ2v) is 9.39. The first kappa shape index (κ1) is 21.6. The SMILES string of the molecule is CC(C)CC1(CNC2=NCC3CN(C(=O)OC(C)(C)C)CCN23)CC1.I. The van der Waals surface area contributed by atoms with Gasteiger partial charge in [-0.25, -0.2) is 4.79 Å². The molecule has 2 heterocycles.